The molecule has 0 saturated carbocycles. The first kappa shape index (κ1) is 18.4. The summed E-state index contributed by atoms with van der Waals surface area (Å²) < 4.78 is 18.4. The molecule has 1 aromatic carbocycles. The molecule has 0 atom stereocenters. The third-order valence-electron chi connectivity index (χ3n) is 2.89. The van der Waals surface area contributed by atoms with Crippen molar-refractivity contribution in [2.75, 3.05) is 12.4 Å². The SMILES string of the molecule is CCOC(=O)Cc1csc(SCC(=O)NCc2ccc(F)cc2)n1. The van der Waals surface area contributed by atoms with Gasteiger partial charge in [-0.25, -0.2) is 9.37 Å². The standard InChI is InChI=1S/C16H17FN2O3S2/c1-2-22-15(21)7-13-9-23-16(19-13)24-10-14(20)18-8-11-3-5-12(17)6-4-11/h3-6,9H,2,7-8,10H2,1H3,(H,18,20). The van der Waals surface area contributed by atoms with Crippen LogP contribution in [-0.4, -0.2) is 29.2 Å². The number of thiazole rings is 1. The van der Waals surface area contributed by atoms with Crippen LogP contribution in [0.25, 0.3) is 0 Å². The van der Waals surface area contributed by atoms with Gasteiger partial charge >= 0.3 is 5.97 Å². The first-order valence-corrected chi connectivity index (χ1v) is 9.17. The number of halogens is 1. The molecule has 24 heavy (non-hydrogen) atoms. The molecular formula is C16H17FN2O3S2. The summed E-state index contributed by atoms with van der Waals surface area (Å²) in [5.41, 5.74) is 1.48. The van der Waals surface area contributed by atoms with Crippen LogP contribution in [0.15, 0.2) is 34.0 Å². The van der Waals surface area contributed by atoms with Gasteiger partial charge in [-0.2, -0.15) is 0 Å². The summed E-state index contributed by atoms with van der Waals surface area (Å²) in [6, 6.07) is 5.98. The van der Waals surface area contributed by atoms with Crippen LogP contribution in [0.1, 0.15) is 18.2 Å². The van der Waals surface area contributed by atoms with Crippen LogP contribution in [0.5, 0.6) is 0 Å². The first-order chi connectivity index (χ1) is 11.6. The Morgan fingerprint density at radius 1 is 1.33 bits per heavy atom. The van der Waals surface area contributed by atoms with Crippen molar-refractivity contribution in [1.82, 2.24) is 10.3 Å². The highest BCUT2D eigenvalue weighted by Gasteiger charge is 2.10. The van der Waals surface area contributed by atoms with E-state index >= 15 is 0 Å². The van der Waals surface area contributed by atoms with E-state index in [0.29, 0.717) is 18.8 Å². The zero-order valence-electron chi connectivity index (χ0n) is 13.1. The molecule has 1 aromatic heterocycles. The van der Waals surface area contributed by atoms with Crippen LogP contribution < -0.4 is 5.32 Å². The van der Waals surface area contributed by atoms with Gasteiger partial charge in [-0.1, -0.05) is 23.9 Å². The molecule has 0 bridgehead atoms. The minimum atomic E-state index is -0.309. The first-order valence-electron chi connectivity index (χ1n) is 7.30. The second kappa shape index (κ2) is 9.39. The van der Waals surface area contributed by atoms with E-state index in [1.54, 1.807) is 24.4 Å². The topological polar surface area (TPSA) is 68.3 Å². The molecule has 0 spiro atoms. The Hall–Kier alpha value is -1.93. The summed E-state index contributed by atoms with van der Waals surface area (Å²) in [4.78, 5) is 27.5. The quantitative estimate of drug-likeness (QED) is 0.573. The van der Waals surface area contributed by atoms with Crippen molar-refractivity contribution in [3.05, 3.63) is 46.7 Å². The number of rotatable bonds is 8. The Morgan fingerprint density at radius 2 is 2.08 bits per heavy atom. The van der Waals surface area contributed by atoms with Gasteiger partial charge in [0.2, 0.25) is 5.91 Å². The summed E-state index contributed by atoms with van der Waals surface area (Å²) in [6.45, 7) is 2.45. The Morgan fingerprint density at radius 3 is 2.79 bits per heavy atom. The van der Waals surface area contributed by atoms with Gasteiger partial charge in [-0.15, -0.1) is 11.3 Å². The van der Waals surface area contributed by atoms with Gasteiger partial charge in [-0.3, -0.25) is 9.59 Å². The number of aromatic nitrogens is 1. The van der Waals surface area contributed by atoms with Crippen molar-refractivity contribution in [2.45, 2.75) is 24.2 Å². The lowest BCUT2D eigenvalue weighted by Gasteiger charge is -2.04. The second-order valence-electron chi connectivity index (χ2n) is 4.78. The lowest BCUT2D eigenvalue weighted by molar-refractivity contribution is -0.142. The predicted molar refractivity (Wildman–Crippen MR) is 91.4 cm³/mol. The summed E-state index contributed by atoms with van der Waals surface area (Å²) in [7, 11) is 0. The number of carbonyl (C=O) groups is 2. The van der Waals surface area contributed by atoms with Crippen LogP contribution in [0, 0.1) is 5.82 Å². The Bertz CT molecular complexity index is 689. The molecule has 2 rings (SSSR count). The minimum absolute atomic E-state index is 0.133. The third-order valence-corrected chi connectivity index (χ3v) is 4.96. The van der Waals surface area contributed by atoms with Crippen LogP contribution >= 0.6 is 23.1 Å². The smallest absolute Gasteiger partial charge is 0.311 e. The van der Waals surface area contributed by atoms with E-state index in [1.807, 2.05) is 0 Å². The molecular weight excluding hydrogens is 351 g/mol. The Balaban J connectivity index is 1.72. The molecule has 5 nitrogen and oxygen atoms in total. The number of nitrogens with zero attached hydrogens (tertiary/aromatic N) is 1. The normalized spacial score (nSPS) is 10.4. The molecule has 1 heterocycles. The average molecular weight is 368 g/mol. The maximum absolute atomic E-state index is 12.8. The molecule has 0 aliphatic rings. The predicted octanol–water partition coefficient (Wildman–Crippen LogP) is 2.80. The molecule has 0 aliphatic heterocycles. The van der Waals surface area contributed by atoms with Gasteiger partial charge in [0.05, 0.1) is 24.5 Å². The van der Waals surface area contributed by atoms with Crippen LogP contribution in [0.3, 0.4) is 0 Å². The van der Waals surface area contributed by atoms with Crippen LogP contribution in [0.4, 0.5) is 4.39 Å². The van der Waals surface area contributed by atoms with E-state index < -0.39 is 0 Å². The van der Waals surface area contributed by atoms with Crippen LogP contribution in [0.2, 0.25) is 0 Å². The Kier molecular flexibility index (Phi) is 7.20. The second-order valence-corrected chi connectivity index (χ2v) is 6.86. The van der Waals surface area contributed by atoms with Crippen molar-refractivity contribution in [1.29, 1.82) is 0 Å². The number of benzene rings is 1. The molecule has 1 amide bonds. The third kappa shape index (κ3) is 6.29. The molecule has 1 N–H and O–H groups in total. The summed E-state index contributed by atoms with van der Waals surface area (Å²) in [5, 5.41) is 4.55. The van der Waals surface area contributed by atoms with Gasteiger partial charge in [0.15, 0.2) is 4.34 Å². The molecule has 0 aliphatic carbocycles. The van der Waals surface area contributed by atoms with Crippen molar-refractivity contribution in [2.24, 2.45) is 0 Å². The molecule has 128 valence electrons. The highest BCUT2D eigenvalue weighted by molar-refractivity contribution is 8.01. The van der Waals surface area contributed by atoms with E-state index in [9.17, 15) is 14.0 Å². The van der Waals surface area contributed by atoms with Crippen LogP contribution in [-0.2, 0) is 27.3 Å². The van der Waals surface area contributed by atoms with Gasteiger partial charge in [0.25, 0.3) is 0 Å². The maximum atomic E-state index is 12.8. The van der Waals surface area contributed by atoms with Gasteiger partial charge < -0.3 is 10.1 Å². The number of thioether (sulfide) groups is 1. The zero-order chi connectivity index (χ0) is 17.4. The number of hydrogen-bond acceptors (Lipinski definition) is 6. The van der Waals surface area contributed by atoms with E-state index in [4.69, 9.17) is 4.74 Å². The number of esters is 1. The van der Waals surface area contributed by atoms with Gasteiger partial charge in [0, 0.05) is 11.9 Å². The van der Waals surface area contributed by atoms with Crippen molar-refractivity contribution in [3.63, 3.8) is 0 Å². The number of amides is 1. The van der Waals surface area contributed by atoms with Gasteiger partial charge in [0.1, 0.15) is 5.82 Å². The van der Waals surface area contributed by atoms with Crippen molar-refractivity contribution < 1.29 is 18.7 Å². The lowest BCUT2D eigenvalue weighted by atomic mass is 10.2. The fourth-order valence-corrected chi connectivity index (χ4v) is 3.45. The van der Waals surface area contributed by atoms with E-state index in [1.165, 1.54) is 35.2 Å². The molecule has 0 fully saturated rings. The molecule has 0 unspecified atom stereocenters. The number of carbonyl (C=O) groups excluding carboxylic acids is 2. The molecule has 0 saturated heterocycles. The molecule has 2 aromatic rings. The maximum Gasteiger partial charge on any atom is 0.311 e. The largest absolute Gasteiger partial charge is 0.466 e. The zero-order valence-corrected chi connectivity index (χ0v) is 14.7. The highest BCUT2D eigenvalue weighted by Crippen LogP contribution is 2.22. The minimum Gasteiger partial charge on any atom is -0.466 e. The molecule has 8 heteroatoms. The number of hydrogen-bond donors (Lipinski definition) is 1. The Labute approximate surface area is 147 Å². The lowest BCUT2D eigenvalue weighted by Crippen LogP contribution is -2.24. The monoisotopic (exact) mass is 368 g/mol. The number of ether oxygens (including phenoxy) is 1. The molecule has 0 radical (unpaired) electrons. The van der Waals surface area contributed by atoms with E-state index in [2.05, 4.69) is 10.3 Å². The fraction of sp³-hybridized carbons (Fsp3) is 0.312. The summed E-state index contributed by atoms with van der Waals surface area (Å²) in [6.07, 6.45) is 0.141. The van der Waals surface area contributed by atoms with E-state index in [0.717, 1.165) is 9.90 Å². The van der Waals surface area contributed by atoms with E-state index in [-0.39, 0.29) is 29.9 Å². The van der Waals surface area contributed by atoms with Crippen molar-refractivity contribution in [3.8, 4) is 0 Å². The van der Waals surface area contributed by atoms with Gasteiger partial charge in [-0.05, 0) is 24.6 Å². The highest BCUT2D eigenvalue weighted by atomic mass is 32.2. The average Bonchev–Trinajstić information content (AvgIpc) is 3.00. The number of nitrogens with one attached hydrogen (secondary N) is 1. The summed E-state index contributed by atoms with van der Waals surface area (Å²) >= 11 is 2.70. The summed E-state index contributed by atoms with van der Waals surface area (Å²) in [5.74, 6) is -0.515. The fourth-order valence-electron chi connectivity index (χ4n) is 1.78. The van der Waals surface area contributed by atoms with Crippen molar-refractivity contribution >= 4 is 35.0 Å².